The third-order valence-electron chi connectivity index (χ3n) is 3.99. The molecule has 0 amide bonds. The van der Waals surface area contributed by atoms with E-state index in [-0.39, 0.29) is 42.8 Å². The topological polar surface area (TPSA) is 109 Å². The van der Waals surface area contributed by atoms with Crippen molar-refractivity contribution in [1.29, 1.82) is 0 Å². The third kappa shape index (κ3) is 8.06. The summed E-state index contributed by atoms with van der Waals surface area (Å²) in [5.74, 6) is 2.77. The van der Waals surface area contributed by atoms with Crippen LogP contribution in [0.15, 0.2) is 35.6 Å². The molecule has 0 aliphatic heterocycles. The van der Waals surface area contributed by atoms with Crippen LogP contribution >= 0.6 is 49.0 Å². The number of aromatic nitrogens is 5. The van der Waals surface area contributed by atoms with Crippen molar-refractivity contribution in [3.05, 3.63) is 63.7 Å². The minimum absolute atomic E-state index is 0. The Kier molecular flexibility index (Phi) is 13.2. The molecule has 12 heteroatoms. The van der Waals surface area contributed by atoms with E-state index >= 15 is 0 Å². The second-order valence-electron chi connectivity index (χ2n) is 5.93. The van der Waals surface area contributed by atoms with Crippen LogP contribution in [0.5, 0.6) is 5.88 Å². The van der Waals surface area contributed by atoms with Gasteiger partial charge in [0.2, 0.25) is 11.8 Å². The van der Waals surface area contributed by atoms with Gasteiger partial charge in [-0.2, -0.15) is 11.8 Å². The van der Waals surface area contributed by atoms with Crippen molar-refractivity contribution < 1.29 is 4.74 Å². The zero-order chi connectivity index (χ0) is 19.1. The Morgan fingerprint density at radius 3 is 2.53 bits per heavy atom. The van der Waals surface area contributed by atoms with E-state index in [0.29, 0.717) is 30.4 Å². The summed E-state index contributed by atoms with van der Waals surface area (Å²) < 4.78 is 5.03. The lowest BCUT2D eigenvalue weighted by Gasteiger charge is -2.06. The molecule has 0 saturated carbocycles. The summed E-state index contributed by atoms with van der Waals surface area (Å²) in [6.45, 7) is 2.72. The molecule has 8 nitrogen and oxygen atoms in total. The number of hydrogen-bond acceptors (Lipinski definition) is 7. The maximum Gasteiger partial charge on any atom is 0.255 e. The molecule has 0 aliphatic carbocycles. The van der Waals surface area contributed by atoms with Gasteiger partial charge in [0, 0.05) is 54.2 Å². The van der Waals surface area contributed by atoms with Gasteiger partial charge in [-0.15, -0.1) is 37.2 Å². The molecular formula is C18H25Cl3N6O2S. The van der Waals surface area contributed by atoms with Gasteiger partial charge in [0.05, 0.1) is 19.1 Å². The first-order valence-corrected chi connectivity index (χ1v) is 9.68. The molecule has 3 aromatic rings. The van der Waals surface area contributed by atoms with E-state index < -0.39 is 0 Å². The fourth-order valence-electron chi connectivity index (χ4n) is 2.44. The van der Waals surface area contributed by atoms with E-state index in [1.54, 1.807) is 43.7 Å². The summed E-state index contributed by atoms with van der Waals surface area (Å²) in [6.07, 6.45) is 5.48. The molecule has 0 aliphatic rings. The number of nitrogens with zero attached hydrogens (tertiary/aromatic N) is 3. The fourth-order valence-corrected chi connectivity index (χ4v) is 3.31. The Hall–Kier alpha value is -1.94. The smallest absolute Gasteiger partial charge is 0.255 e. The Morgan fingerprint density at radius 1 is 1.13 bits per heavy atom. The molecule has 0 bridgehead atoms. The highest BCUT2D eigenvalue weighted by atomic mass is 35.5. The number of methoxy groups -OCH3 is 1. The van der Waals surface area contributed by atoms with Gasteiger partial charge in [0.25, 0.3) is 5.56 Å². The summed E-state index contributed by atoms with van der Waals surface area (Å²) in [5, 5.41) is 3.14. The fraction of sp³-hybridized carbons (Fsp3) is 0.333. The van der Waals surface area contributed by atoms with Gasteiger partial charge >= 0.3 is 0 Å². The number of anilines is 1. The lowest BCUT2D eigenvalue weighted by molar-refractivity contribution is 0.397. The third-order valence-corrected chi connectivity index (χ3v) is 4.96. The van der Waals surface area contributed by atoms with Crippen molar-refractivity contribution in [2.75, 3.05) is 24.7 Å². The molecule has 0 spiro atoms. The van der Waals surface area contributed by atoms with E-state index in [1.165, 1.54) is 0 Å². The Bertz CT molecular complexity index is 936. The zero-order valence-electron chi connectivity index (χ0n) is 16.5. The zero-order valence-corrected chi connectivity index (χ0v) is 19.8. The molecule has 0 aromatic carbocycles. The van der Waals surface area contributed by atoms with Crippen LogP contribution in [0.3, 0.4) is 0 Å². The van der Waals surface area contributed by atoms with Crippen LogP contribution in [0.4, 0.5) is 5.95 Å². The van der Waals surface area contributed by atoms with Crippen molar-refractivity contribution in [3.8, 4) is 5.88 Å². The number of pyridine rings is 1. The van der Waals surface area contributed by atoms with Crippen molar-refractivity contribution in [2.24, 2.45) is 0 Å². The average Bonchev–Trinajstić information content (AvgIpc) is 3.09. The lowest BCUT2D eigenvalue weighted by Crippen LogP contribution is -2.18. The van der Waals surface area contributed by atoms with Crippen LogP contribution in [0, 0.1) is 6.92 Å². The number of hydrogen-bond donors (Lipinski definition) is 3. The minimum Gasteiger partial charge on any atom is -0.481 e. The summed E-state index contributed by atoms with van der Waals surface area (Å²) in [7, 11) is 1.57. The van der Waals surface area contributed by atoms with Gasteiger partial charge in [-0.3, -0.25) is 9.78 Å². The molecule has 0 unspecified atom stereocenters. The van der Waals surface area contributed by atoms with Gasteiger partial charge in [0.1, 0.15) is 0 Å². The monoisotopic (exact) mass is 494 g/mol. The minimum atomic E-state index is -0.150. The average molecular weight is 496 g/mol. The number of thioether (sulfide) groups is 1. The van der Waals surface area contributed by atoms with Gasteiger partial charge < -0.3 is 15.0 Å². The number of aryl methyl sites for hydroxylation is 1. The van der Waals surface area contributed by atoms with E-state index in [1.807, 2.05) is 13.0 Å². The van der Waals surface area contributed by atoms with Gasteiger partial charge in [0.15, 0.2) is 0 Å². The molecule has 3 aromatic heterocycles. The number of rotatable bonds is 9. The maximum absolute atomic E-state index is 12.3. The van der Waals surface area contributed by atoms with E-state index in [9.17, 15) is 4.79 Å². The highest BCUT2D eigenvalue weighted by Gasteiger charge is 2.05. The van der Waals surface area contributed by atoms with Gasteiger partial charge in [-0.05, 0) is 12.5 Å². The van der Waals surface area contributed by atoms with E-state index in [4.69, 9.17) is 4.74 Å². The van der Waals surface area contributed by atoms with Crippen LogP contribution in [0.25, 0.3) is 0 Å². The quantitative estimate of drug-likeness (QED) is 0.390. The van der Waals surface area contributed by atoms with Crippen LogP contribution in [0.1, 0.15) is 22.5 Å². The summed E-state index contributed by atoms with van der Waals surface area (Å²) in [5.41, 5.74) is 3.54. The lowest BCUT2D eigenvalue weighted by atomic mass is 10.1. The van der Waals surface area contributed by atoms with Crippen molar-refractivity contribution in [3.63, 3.8) is 0 Å². The van der Waals surface area contributed by atoms with Gasteiger partial charge in [-0.1, -0.05) is 6.07 Å². The molecule has 3 N–H and O–H groups in total. The number of aromatic amines is 2. The second-order valence-corrected chi connectivity index (χ2v) is 7.03. The normalized spacial score (nSPS) is 9.67. The first-order valence-electron chi connectivity index (χ1n) is 8.53. The van der Waals surface area contributed by atoms with Gasteiger partial charge in [-0.25, -0.2) is 15.0 Å². The molecule has 0 saturated heterocycles. The van der Waals surface area contributed by atoms with Crippen LogP contribution in [0.2, 0.25) is 0 Å². The van der Waals surface area contributed by atoms with Crippen LogP contribution in [-0.4, -0.2) is 44.3 Å². The SMILES string of the molecule is COc1ccc(Cc2cnc(NCCSCc3nc[nH]c3C)[nH]c2=O)cn1.Cl.Cl.Cl. The Balaban J connectivity index is 0.00000280. The second kappa shape index (κ2) is 14.1. The highest BCUT2D eigenvalue weighted by Crippen LogP contribution is 2.12. The summed E-state index contributed by atoms with van der Waals surface area (Å²) in [4.78, 5) is 30.8. The molecule has 3 heterocycles. The number of H-pyrrole nitrogens is 2. The predicted octanol–water partition coefficient (Wildman–Crippen LogP) is 3.41. The molecule has 0 radical (unpaired) electrons. The molecule has 30 heavy (non-hydrogen) atoms. The van der Waals surface area contributed by atoms with Crippen LogP contribution in [-0.2, 0) is 12.2 Å². The summed E-state index contributed by atoms with van der Waals surface area (Å²) in [6, 6.07) is 3.66. The molecule has 166 valence electrons. The van der Waals surface area contributed by atoms with Crippen LogP contribution < -0.4 is 15.6 Å². The molecule has 0 atom stereocenters. The maximum atomic E-state index is 12.3. The summed E-state index contributed by atoms with van der Waals surface area (Å²) >= 11 is 1.77. The molecule has 0 fully saturated rings. The van der Waals surface area contributed by atoms with Crippen molar-refractivity contribution in [2.45, 2.75) is 19.1 Å². The van der Waals surface area contributed by atoms with Crippen molar-refractivity contribution >= 4 is 54.9 Å². The number of ether oxygens (including phenoxy) is 1. The number of imidazole rings is 1. The van der Waals surface area contributed by atoms with E-state index in [2.05, 4.69) is 30.2 Å². The molecule has 3 rings (SSSR count). The highest BCUT2D eigenvalue weighted by molar-refractivity contribution is 7.98. The largest absolute Gasteiger partial charge is 0.481 e. The first-order chi connectivity index (χ1) is 13.2. The van der Waals surface area contributed by atoms with E-state index in [0.717, 1.165) is 28.5 Å². The van der Waals surface area contributed by atoms with Crippen molar-refractivity contribution in [1.82, 2.24) is 24.9 Å². The molecular weight excluding hydrogens is 471 g/mol. The number of halogens is 3. The predicted molar refractivity (Wildman–Crippen MR) is 128 cm³/mol. The number of nitrogens with one attached hydrogen (secondary N) is 3. The Labute approximate surface area is 197 Å². The first kappa shape index (κ1) is 28.1. The Morgan fingerprint density at radius 2 is 1.93 bits per heavy atom. The standard InChI is InChI=1S/C18H22N6O2S.3ClH/c1-12-15(23-11-22-12)10-27-6-5-19-18-21-9-14(17(25)24-18)7-13-3-4-16(26-2)20-8-13;;;/h3-4,8-9,11H,5-7,10H2,1-2H3,(H,22,23)(H2,19,21,24,25);3*1H.